The van der Waals surface area contributed by atoms with Crippen LogP contribution in [0.15, 0.2) is 48.7 Å². The van der Waals surface area contributed by atoms with E-state index in [0.29, 0.717) is 12.3 Å². The predicted molar refractivity (Wildman–Crippen MR) is 110 cm³/mol. The fourth-order valence-corrected chi connectivity index (χ4v) is 5.06. The van der Waals surface area contributed by atoms with Crippen LogP contribution in [0.4, 0.5) is 5.69 Å². The Kier molecular flexibility index (Phi) is 4.88. The number of carbonyl (C=O) groups is 1. The fraction of sp³-hybridized carbons (Fsp3) is 0.478. The first kappa shape index (κ1) is 18.9. The fourth-order valence-electron chi connectivity index (χ4n) is 5.06. The van der Waals surface area contributed by atoms with Crippen LogP contribution >= 0.6 is 0 Å². The van der Waals surface area contributed by atoms with Crippen molar-refractivity contribution in [1.82, 2.24) is 9.88 Å². The minimum Gasteiger partial charge on any atom is -0.481 e. The molecule has 1 aliphatic carbocycles. The highest BCUT2D eigenvalue weighted by Crippen LogP contribution is 2.52. The van der Waals surface area contributed by atoms with Crippen molar-refractivity contribution in [3.63, 3.8) is 0 Å². The molecular formula is C23H29N3O2. The van der Waals surface area contributed by atoms with Gasteiger partial charge in [-0.1, -0.05) is 30.3 Å². The summed E-state index contributed by atoms with van der Waals surface area (Å²) in [7, 11) is 5.96. The molecule has 2 heterocycles. The van der Waals surface area contributed by atoms with E-state index in [0.717, 1.165) is 37.9 Å². The van der Waals surface area contributed by atoms with E-state index in [2.05, 4.69) is 54.3 Å². The molecule has 0 bridgehead atoms. The second-order valence-corrected chi connectivity index (χ2v) is 8.51. The highest BCUT2D eigenvalue weighted by molar-refractivity contribution is 5.96. The van der Waals surface area contributed by atoms with Gasteiger partial charge >= 0.3 is 0 Å². The van der Waals surface area contributed by atoms with Crippen molar-refractivity contribution in [3.8, 4) is 5.88 Å². The molecule has 1 aromatic carbocycles. The molecule has 1 saturated carbocycles. The molecule has 0 unspecified atom stereocenters. The molecule has 28 heavy (non-hydrogen) atoms. The smallest absolute Gasteiger partial charge is 0.227 e. The van der Waals surface area contributed by atoms with Crippen LogP contribution in [0.3, 0.4) is 0 Å². The number of benzene rings is 1. The maximum absolute atomic E-state index is 12.8. The van der Waals surface area contributed by atoms with Gasteiger partial charge in [0.05, 0.1) is 19.0 Å². The molecule has 2 aliphatic rings. The summed E-state index contributed by atoms with van der Waals surface area (Å²) < 4.78 is 5.14. The standard InChI is InChI=1S/C23H29N3O2/c1-25(2)23(18-7-5-4-6-8-18)13-11-22(12-14-23)15-21(27)26(17-22)19-9-10-20(28-3)24-16-19/h4-10,16H,11-15,17H2,1-3H3/t22-,23+. The van der Waals surface area contributed by atoms with E-state index in [9.17, 15) is 4.79 Å². The summed E-state index contributed by atoms with van der Waals surface area (Å²) in [6, 6.07) is 14.6. The Morgan fingerprint density at radius 1 is 1.04 bits per heavy atom. The summed E-state index contributed by atoms with van der Waals surface area (Å²) in [5, 5.41) is 0. The lowest BCUT2D eigenvalue weighted by molar-refractivity contribution is -0.118. The maximum atomic E-state index is 12.8. The second kappa shape index (κ2) is 7.21. The molecule has 0 radical (unpaired) electrons. The number of hydrogen-bond donors (Lipinski definition) is 0. The van der Waals surface area contributed by atoms with Gasteiger partial charge in [0, 0.05) is 24.6 Å². The molecule has 4 rings (SSSR count). The molecule has 2 aromatic rings. The third kappa shape index (κ3) is 3.18. The van der Waals surface area contributed by atoms with Crippen LogP contribution in [0.5, 0.6) is 5.88 Å². The maximum Gasteiger partial charge on any atom is 0.227 e. The number of rotatable bonds is 4. The third-order valence-electron chi connectivity index (χ3n) is 6.87. The van der Waals surface area contributed by atoms with E-state index in [1.807, 2.05) is 17.0 Å². The molecule has 1 aromatic heterocycles. The van der Waals surface area contributed by atoms with Crippen LogP contribution in [0.1, 0.15) is 37.7 Å². The molecule has 1 saturated heterocycles. The first-order valence-corrected chi connectivity index (χ1v) is 10.0. The van der Waals surface area contributed by atoms with Crippen molar-refractivity contribution in [2.24, 2.45) is 5.41 Å². The minimum atomic E-state index is 0.0602. The van der Waals surface area contributed by atoms with Gasteiger partial charge in [0.25, 0.3) is 0 Å². The van der Waals surface area contributed by atoms with Gasteiger partial charge in [0.1, 0.15) is 0 Å². The SMILES string of the molecule is COc1ccc(N2C[C@]3(CC[C@@](c4ccccc4)(N(C)C)CC3)CC2=O)cn1. The zero-order valence-electron chi connectivity index (χ0n) is 17.0. The average molecular weight is 380 g/mol. The van der Waals surface area contributed by atoms with E-state index < -0.39 is 0 Å². The number of pyridine rings is 1. The number of amides is 1. The van der Waals surface area contributed by atoms with Crippen molar-refractivity contribution in [2.75, 3.05) is 32.6 Å². The largest absolute Gasteiger partial charge is 0.481 e. The van der Waals surface area contributed by atoms with Gasteiger partial charge in [-0.15, -0.1) is 0 Å². The van der Waals surface area contributed by atoms with E-state index in [1.54, 1.807) is 13.3 Å². The predicted octanol–water partition coefficient (Wildman–Crippen LogP) is 3.84. The number of ether oxygens (including phenoxy) is 1. The highest BCUT2D eigenvalue weighted by Gasteiger charge is 2.50. The van der Waals surface area contributed by atoms with Crippen LogP contribution in [-0.2, 0) is 10.3 Å². The van der Waals surface area contributed by atoms with Crippen molar-refractivity contribution >= 4 is 11.6 Å². The normalized spacial score (nSPS) is 27.6. The average Bonchev–Trinajstić information content (AvgIpc) is 3.05. The van der Waals surface area contributed by atoms with Crippen molar-refractivity contribution in [3.05, 3.63) is 54.2 Å². The summed E-state index contributed by atoms with van der Waals surface area (Å²) in [4.78, 5) is 21.4. The molecule has 1 amide bonds. The number of carbonyl (C=O) groups excluding carboxylic acids is 1. The lowest BCUT2D eigenvalue weighted by atomic mass is 9.64. The van der Waals surface area contributed by atoms with E-state index >= 15 is 0 Å². The van der Waals surface area contributed by atoms with E-state index in [-0.39, 0.29) is 16.9 Å². The Hall–Kier alpha value is -2.40. The van der Waals surface area contributed by atoms with Gasteiger partial charge in [-0.2, -0.15) is 0 Å². The Morgan fingerprint density at radius 2 is 1.75 bits per heavy atom. The Labute approximate surface area is 167 Å². The molecule has 0 N–H and O–H groups in total. The zero-order chi connectivity index (χ0) is 19.8. The number of hydrogen-bond acceptors (Lipinski definition) is 4. The summed E-state index contributed by atoms with van der Waals surface area (Å²) in [6.45, 7) is 0.790. The Balaban J connectivity index is 1.53. The molecule has 1 spiro atoms. The van der Waals surface area contributed by atoms with Crippen LogP contribution in [-0.4, -0.2) is 43.5 Å². The lowest BCUT2D eigenvalue weighted by Crippen LogP contribution is -2.47. The first-order chi connectivity index (χ1) is 13.5. The summed E-state index contributed by atoms with van der Waals surface area (Å²) in [5.74, 6) is 0.783. The van der Waals surface area contributed by atoms with Crippen molar-refractivity contribution in [1.29, 1.82) is 0 Å². The van der Waals surface area contributed by atoms with Crippen LogP contribution in [0.2, 0.25) is 0 Å². The van der Waals surface area contributed by atoms with E-state index in [4.69, 9.17) is 4.74 Å². The monoisotopic (exact) mass is 379 g/mol. The zero-order valence-corrected chi connectivity index (χ0v) is 17.0. The van der Waals surface area contributed by atoms with Gasteiger partial charge in [-0.25, -0.2) is 4.98 Å². The highest BCUT2D eigenvalue weighted by atomic mass is 16.5. The van der Waals surface area contributed by atoms with Gasteiger partial charge < -0.3 is 9.64 Å². The topological polar surface area (TPSA) is 45.7 Å². The molecular weight excluding hydrogens is 350 g/mol. The van der Waals surface area contributed by atoms with Gasteiger partial charge in [-0.05, 0) is 56.8 Å². The summed E-state index contributed by atoms with van der Waals surface area (Å²) >= 11 is 0. The number of aromatic nitrogens is 1. The minimum absolute atomic E-state index is 0.0602. The number of nitrogens with zero attached hydrogens (tertiary/aromatic N) is 3. The number of methoxy groups -OCH3 is 1. The van der Waals surface area contributed by atoms with E-state index in [1.165, 1.54) is 5.56 Å². The van der Waals surface area contributed by atoms with Crippen LogP contribution in [0, 0.1) is 5.41 Å². The quantitative estimate of drug-likeness (QED) is 0.810. The Morgan fingerprint density at radius 3 is 2.32 bits per heavy atom. The lowest BCUT2D eigenvalue weighted by Gasteiger charge is -2.48. The van der Waals surface area contributed by atoms with Crippen LogP contribution < -0.4 is 9.64 Å². The van der Waals surface area contributed by atoms with Gasteiger partial charge in [0.15, 0.2) is 0 Å². The Bertz CT molecular complexity index is 825. The molecule has 5 nitrogen and oxygen atoms in total. The van der Waals surface area contributed by atoms with Crippen molar-refractivity contribution in [2.45, 2.75) is 37.6 Å². The van der Waals surface area contributed by atoms with Crippen molar-refractivity contribution < 1.29 is 9.53 Å². The molecule has 148 valence electrons. The summed E-state index contributed by atoms with van der Waals surface area (Å²) in [6.07, 6.45) is 6.65. The van der Waals surface area contributed by atoms with Gasteiger partial charge in [-0.3, -0.25) is 9.69 Å². The van der Waals surface area contributed by atoms with Gasteiger partial charge in [0.2, 0.25) is 11.8 Å². The van der Waals surface area contributed by atoms with Crippen LogP contribution in [0.25, 0.3) is 0 Å². The molecule has 2 fully saturated rings. The molecule has 0 atom stereocenters. The molecule has 5 heteroatoms. The first-order valence-electron chi connectivity index (χ1n) is 10.0. The summed E-state index contributed by atoms with van der Waals surface area (Å²) in [5.41, 5.74) is 2.39. The molecule has 1 aliphatic heterocycles. The second-order valence-electron chi connectivity index (χ2n) is 8.51. The number of anilines is 1. The third-order valence-corrected chi connectivity index (χ3v) is 6.87.